The van der Waals surface area contributed by atoms with Crippen LogP contribution in [-0.4, -0.2) is 5.78 Å². The lowest BCUT2D eigenvalue weighted by atomic mass is 9.77. The Kier molecular flexibility index (Phi) is 5.92. The van der Waals surface area contributed by atoms with Gasteiger partial charge in [0.15, 0.2) is 5.78 Å². The minimum absolute atomic E-state index is 0.171. The van der Waals surface area contributed by atoms with Gasteiger partial charge < -0.3 is 0 Å². The number of Topliss-reactive ketones (excluding diaryl/α,β-unsaturated/α-hetero) is 1. The molecule has 1 aliphatic carbocycles. The second-order valence-corrected chi connectivity index (χ2v) is 6.67. The van der Waals surface area contributed by atoms with E-state index in [-0.39, 0.29) is 11.7 Å². The predicted molar refractivity (Wildman–Crippen MR) is 85.8 cm³/mol. The van der Waals surface area contributed by atoms with E-state index in [4.69, 9.17) is 23.2 Å². The summed E-state index contributed by atoms with van der Waals surface area (Å²) >= 11 is 11.9. The van der Waals surface area contributed by atoms with Crippen molar-refractivity contribution in [3.8, 4) is 0 Å². The van der Waals surface area contributed by atoms with E-state index in [2.05, 4.69) is 6.92 Å². The van der Waals surface area contributed by atoms with Crippen LogP contribution in [0.2, 0.25) is 10.0 Å². The van der Waals surface area contributed by atoms with Crippen molar-refractivity contribution in [1.82, 2.24) is 0 Å². The molecule has 1 aromatic carbocycles. The highest BCUT2D eigenvalue weighted by molar-refractivity contribution is 6.42. The fourth-order valence-electron chi connectivity index (χ4n) is 3.09. The van der Waals surface area contributed by atoms with Crippen LogP contribution in [0.25, 0.3) is 0 Å². The normalized spacial score (nSPS) is 22.8. The summed E-state index contributed by atoms with van der Waals surface area (Å²) in [4.78, 5) is 12.5. The van der Waals surface area contributed by atoms with Gasteiger partial charge in [-0.15, -0.1) is 0 Å². The zero-order valence-corrected chi connectivity index (χ0v) is 13.5. The molecule has 1 aliphatic rings. The molecule has 1 nitrogen and oxygen atoms in total. The topological polar surface area (TPSA) is 17.1 Å². The molecule has 0 aromatic heterocycles. The molecule has 0 saturated heterocycles. The molecule has 1 fully saturated rings. The smallest absolute Gasteiger partial charge is 0.165 e. The van der Waals surface area contributed by atoms with Crippen LogP contribution in [0.1, 0.15) is 62.2 Å². The predicted octanol–water partition coefficient (Wildman–Crippen LogP) is 6.17. The summed E-state index contributed by atoms with van der Waals surface area (Å²) in [5.41, 5.74) is 0.705. The molecular formula is C17H22Cl2O. The number of benzene rings is 1. The SMILES string of the molecule is CCCCC1CCC(C(=O)c2ccc(Cl)c(Cl)c2)CC1. The molecule has 20 heavy (non-hydrogen) atoms. The second-order valence-electron chi connectivity index (χ2n) is 5.85. The van der Waals surface area contributed by atoms with E-state index in [0.717, 1.165) is 18.8 Å². The highest BCUT2D eigenvalue weighted by atomic mass is 35.5. The Morgan fingerprint density at radius 1 is 1.15 bits per heavy atom. The van der Waals surface area contributed by atoms with Crippen molar-refractivity contribution in [2.24, 2.45) is 11.8 Å². The van der Waals surface area contributed by atoms with Crippen LogP contribution in [0.4, 0.5) is 0 Å². The molecule has 1 saturated carbocycles. The molecule has 0 unspecified atom stereocenters. The lowest BCUT2D eigenvalue weighted by Gasteiger charge is -2.27. The fourth-order valence-corrected chi connectivity index (χ4v) is 3.39. The molecule has 110 valence electrons. The van der Waals surface area contributed by atoms with Gasteiger partial charge in [0.1, 0.15) is 0 Å². The number of carbonyl (C=O) groups excluding carboxylic acids is 1. The van der Waals surface area contributed by atoms with E-state index in [1.54, 1.807) is 18.2 Å². The van der Waals surface area contributed by atoms with Crippen molar-refractivity contribution in [3.05, 3.63) is 33.8 Å². The van der Waals surface area contributed by atoms with Gasteiger partial charge in [-0.1, -0.05) is 49.4 Å². The third-order valence-corrected chi connectivity index (χ3v) is 5.13. The molecule has 0 radical (unpaired) electrons. The van der Waals surface area contributed by atoms with Crippen LogP contribution in [0.15, 0.2) is 18.2 Å². The van der Waals surface area contributed by atoms with Crippen LogP contribution < -0.4 is 0 Å². The number of halogens is 2. The monoisotopic (exact) mass is 312 g/mol. The van der Waals surface area contributed by atoms with E-state index in [0.29, 0.717) is 15.6 Å². The molecule has 0 spiro atoms. The number of hydrogen-bond donors (Lipinski definition) is 0. The second kappa shape index (κ2) is 7.47. The Morgan fingerprint density at radius 2 is 1.85 bits per heavy atom. The third-order valence-electron chi connectivity index (χ3n) is 4.39. The van der Waals surface area contributed by atoms with Crippen LogP contribution in [0, 0.1) is 11.8 Å². The maximum absolute atomic E-state index is 12.5. The minimum Gasteiger partial charge on any atom is -0.294 e. The van der Waals surface area contributed by atoms with Gasteiger partial charge in [0.25, 0.3) is 0 Å². The quantitative estimate of drug-likeness (QED) is 0.594. The first kappa shape index (κ1) is 15.9. The maximum atomic E-state index is 12.5. The minimum atomic E-state index is 0.171. The van der Waals surface area contributed by atoms with E-state index in [9.17, 15) is 4.79 Å². The van der Waals surface area contributed by atoms with Gasteiger partial charge >= 0.3 is 0 Å². The average Bonchev–Trinajstić information content (AvgIpc) is 2.48. The summed E-state index contributed by atoms with van der Waals surface area (Å²) in [6, 6.07) is 5.21. The lowest BCUT2D eigenvalue weighted by molar-refractivity contribution is 0.0869. The molecule has 0 heterocycles. The van der Waals surface area contributed by atoms with E-state index in [1.807, 2.05) is 0 Å². The number of ketones is 1. The molecule has 0 amide bonds. The van der Waals surface area contributed by atoms with E-state index in [1.165, 1.54) is 32.1 Å². The van der Waals surface area contributed by atoms with Gasteiger partial charge in [-0.3, -0.25) is 4.79 Å². The lowest BCUT2D eigenvalue weighted by Crippen LogP contribution is -2.22. The first-order chi connectivity index (χ1) is 9.61. The van der Waals surface area contributed by atoms with Crippen molar-refractivity contribution in [1.29, 1.82) is 0 Å². The summed E-state index contributed by atoms with van der Waals surface area (Å²) in [5.74, 6) is 1.23. The Balaban J connectivity index is 1.92. The van der Waals surface area contributed by atoms with Crippen molar-refractivity contribution < 1.29 is 4.79 Å². The molecule has 1 aromatic rings. The van der Waals surface area contributed by atoms with Crippen LogP contribution in [-0.2, 0) is 0 Å². The summed E-state index contributed by atoms with van der Waals surface area (Å²) < 4.78 is 0. The Bertz CT molecular complexity index is 462. The summed E-state index contributed by atoms with van der Waals surface area (Å²) in [7, 11) is 0. The van der Waals surface area contributed by atoms with Gasteiger partial charge in [-0.25, -0.2) is 0 Å². The van der Waals surface area contributed by atoms with Crippen molar-refractivity contribution in [2.45, 2.75) is 51.9 Å². The number of carbonyl (C=O) groups is 1. The summed E-state index contributed by atoms with van der Waals surface area (Å²) in [6.45, 7) is 2.24. The van der Waals surface area contributed by atoms with Gasteiger partial charge in [-0.2, -0.15) is 0 Å². The standard InChI is InChI=1S/C17H22Cl2O/c1-2-3-4-12-5-7-13(8-6-12)17(20)14-9-10-15(18)16(19)11-14/h9-13H,2-8H2,1H3. The maximum Gasteiger partial charge on any atom is 0.165 e. The van der Waals surface area contributed by atoms with Crippen molar-refractivity contribution >= 4 is 29.0 Å². The molecular weight excluding hydrogens is 291 g/mol. The first-order valence-electron chi connectivity index (χ1n) is 7.61. The number of hydrogen-bond acceptors (Lipinski definition) is 1. The summed E-state index contributed by atoms with van der Waals surface area (Å²) in [5, 5.41) is 0.973. The third kappa shape index (κ3) is 3.99. The van der Waals surface area contributed by atoms with E-state index >= 15 is 0 Å². The van der Waals surface area contributed by atoms with Crippen LogP contribution in [0.3, 0.4) is 0 Å². The number of rotatable bonds is 5. The molecule has 2 rings (SSSR count). The van der Waals surface area contributed by atoms with Gasteiger partial charge in [0.05, 0.1) is 10.0 Å². The Labute approximate surface area is 131 Å². The zero-order chi connectivity index (χ0) is 14.5. The van der Waals surface area contributed by atoms with Crippen LogP contribution >= 0.6 is 23.2 Å². The summed E-state index contributed by atoms with van der Waals surface area (Å²) in [6.07, 6.45) is 8.33. The van der Waals surface area contributed by atoms with E-state index < -0.39 is 0 Å². The highest BCUT2D eigenvalue weighted by Crippen LogP contribution is 2.34. The van der Waals surface area contributed by atoms with Gasteiger partial charge in [0.2, 0.25) is 0 Å². The first-order valence-corrected chi connectivity index (χ1v) is 8.36. The van der Waals surface area contributed by atoms with Gasteiger partial charge in [-0.05, 0) is 49.8 Å². The van der Waals surface area contributed by atoms with Crippen molar-refractivity contribution in [2.75, 3.05) is 0 Å². The number of unbranched alkanes of at least 4 members (excludes halogenated alkanes) is 1. The molecule has 0 aliphatic heterocycles. The Morgan fingerprint density at radius 3 is 2.45 bits per heavy atom. The Hall–Kier alpha value is -0.530. The van der Waals surface area contributed by atoms with Crippen LogP contribution in [0.5, 0.6) is 0 Å². The average molecular weight is 313 g/mol. The zero-order valence-electron chi connectivity index (χ0n) is 12.0. The molecule has 0 bridgehead atoms. The molecule has 0 atom stereocenters. The highest BCUT2D eigenvalue weighted by Gasteiger charge is 2.26. The van der Waals surface area contributed by atoms with Gasteiger partial charge in [0, 0.05) is 11.5 Å². The molecule has 3 heteroatoms. The van der Waals surface area contributed by atoms with Crippen molar-refractivity contribution in [3.63, 3.8) is 0 Å². The fraction of sp³-hybridized carbons (Fsp3) is 0.588. The largest absolute Gasteiger partial charge is 0.294 e. The molecule has 0 N–H and O–H groups in total.